The molecule has 3 nitrogen and oxygen atoms in total. The maximum atomic E-state index is 11.7. The van der Waals surface area contributed by atoms with E-state index >= 15 is 0 Å². The van der Waals surface area contributed by atoms with Gasteiger partial charge in [-0.15, -0.1) is 0 Å². The van der Waals surface area contributed by atoms with Crippen molar-refractivity contribution in [2.24, 2.45) is 0 Å². The van der Waals surface area contributed by atoms with Crippen molar-refractivity contribution in [2.75, 3.05) is 5.75 Å². The van der Waals surface area contributed by atoms with Gasteiger partial charge in [0.15, 0.2) is 15.6 Å². The molecule has 0 amide bonds. The Bertz CT molecular complexity index is 541. The highest BCUT2D eigenvalue weighted by molar-refractivity contribution is 7.91. The van der Waals surface area contributed by atoms with Crippen LogP contribution in [0.15, 0.2) is 17.0 Å². The molecule has 0 saturated carbocycles. The van der Waals surface area contributed by atoms with E-state index in [9.17, 15) is 13.2 Å². The van der Waals surface area contributed by atoms with Gasteiger partial charge in [0.05, 0.1) is 10.6 Å². The minimum atomic E-state index is -3.24. The van der Waals surface area contributed by atoms with Crippen molar-refractivity contribution in [3.8, 4) is 0 Å². The molecule has 0 unspecified atom stereocenters. The number of carbonyl (C=O) groups is 1. The molecule has 15 heavy (non-hydrogen) atoms. The summed E-state index contributed by atoms with van der Waals surface area (Å²) >= 11 is 0. The van der Waals surface area contributed by atoms with Crippen molar-refractivity contribution in [3.05, 3.63) is 28.8 Å². The minimum Gasteiger partial charge on any atom is -0.294 e. The van der Waals surface area contributed by atoms with Gasteiger partial charge in [0.1, 0.15) is 0 Å². The van der Waals surface area contributed by atoms with Gasteiger partial charge >= 0.3 is 0 Å². The predicted octanol–water partition coefficient (Wildman–Crippen LogP) is 1.66. The van der Waals surface area contributed by atoms with Crippen molar-refractivity contribution >= 4 is 15.6 Å². The number of fused-ring (bicyclic) bond motifs is 1. The first kappa shape index (κ1) is 10.4. The summed E-state index contributed by atoms with van der Waals surface area (Å²) in [4.78, 5) is 11.8. The maximum absolute atomic E-state index is 11.7. The normalized spacial score (nSPS) is 18.7. The molecule has 0 spiro atoms. The first-order chi connectivity index (χ1) is 6.92. The lowest BCUT2D eigenvalue weighted by Gasteiger charge is -2.16. The van der Waals surface area contributed by atoms with Gasteiger partial charge in [-0.3, -0.25) is 4.79 Å². The van der Waals surface area contributed by atoms with Gasteiger partial charge in [0, 0.05) is 12.0 Å². The molecular weight excluding hydrogens is 212 g/mol. The number of aryl methyl sites for hydroxylation is 2. The maximum Gasteiger partial charge on any atom is 0.179 e. The van der Waals surface area contributed by atoms with E-state index in [2.05, 4.69) is 0 Å². The van der Waals surface area contributed by atoms with Gasteiger partial charge in [-0.05, 0) is 37.1 Å². The Hall–Kier alpha value is -1.16. The fraction of sp³-hybridized carbons (Fsp3) is 0.364. The summed E-state index contributed by atoms with van der Waals surface area (Å²) in [6.45, 7) is 3.73. The second-order valence-electron chi connectivity index (χ2n) is 3.92. The summed E-state index contributed by atoms with van der Waals surface area (Å²) in [5.74, 6) is -0.121. The largest absolute Gasteiger partial charge is 0.294 e. The summed E-state index contributed by atoms with van der Waals surface area (Å²) in [6.07, 6.45) is 0.109. The third-order valence-electron chi connectivity index (χ3n) is 2.83. The van der Waals surface area contributed by atoms with Crippen LogP contribution in [0.25, 0.3) is 0 Å². The van der Waals surface area contributed by atoms with Crippen LogP contribution in [0.2, 0.25) is 0 Å². The average Bonchev–Trinajstić information content (AvgIpc) is 2.16. The van der Waals surface area contributed by atoms with E-state index < -0.39 is 9.84 Å². The molecule has 0 bridgehead atoms. The van der Waals surface area contributed by atoms with E-state index in [1.54, 1.807) is 12.1 Å². The molecule has 0 aromatic heterocycles. The van der Waals surface area contributed by atoms with Gasteiger partial charge < -0.3 is 0 Å². The number of sulfone groups is 1. The first-order valence-electron chi connectivity index (χ1n) is 4.79. The van der Waals surface area contributed by atoms with Crippen molar-refractivity contribution in [1.82, 2.24) is 0 Å². The van der Waals surface area contributed by atoms with E-state index in [4.69, 9.17) is 0 Å². The van der Waals surface area contributed by atoms with Gasteiger partial charge in [-0.25, -0.2) is 8.42 Å². The van der Waals surface area contributed by atoms with Crippen molar-refractivity contribution in [3.63, 3.8) is 0 Å². The Kier molecular flexibility index (Phi) is 2.19. The van der Waals surface area contributed by atoms with E-state index in [1.165, 1.54) is 0 Å². The van der Waals surface area contributed by atoms with Crippen LogP contribution in [0, 0.1) is 13.8 Å². The molecule has 80 valence electrons. The second kappa shape index (κ2) is 3.17. The van der Waals surface area contributed by atoms with Gasteiger partial charge in [-0.2, -0.15) is 0 Å². The highest BCUT2D eigenvalue weighted by atomic mass is 32.2. The first-order valence-corrected chi connectivity index (χ1v) is 6.44. The number of rotatable bonds is 0. The third kappa shape index (κ3) is 1.59. The van der Waals surface area contributed by atoms with Crippen LogP contribution in [0.5, 0.6) is 0 Å². The van der Waals surface area contributed by atoms with Crippen LogP contribution in [0.1, 0.15) is 27.9 Å². The zero-order valence-corrected chi connectivity index (χ0v) is 9.52. The summed E-state index contributed by atoms with van der Waals surface area (Å²) in [6, 6.07) is 3.29. The standard InChI is InChI=1S/C11H12O3S/c1-7-5-9-10(12)3-4-15(13,14)11(9)6-8(7)2/h5-6H,3-4H2,1-2H3. The van der Waals surface area contributed by atoms with Crippen LogP contribution >= 0.6 is 0 Å². The molecule has 1 aromatic carbocycles. The van der Waals surface area contributed by atoms with Crippen LogP contribution in [0.4, 0.5) is 0 Å². The molecular formula is C11H12O3S. The fourth-order valence-electron chi connectivity index (χ4n) is 1.74. The highest BCUT2D eigenvalue weighted by Gasteiger charge is 2.29. The molecule has 0 aliphatic carbocycles. The lowest BCUT2D eigenvalue weighted by Crippen LogP contribution is -2.21. The molecule has 0 radical (unpaired) electrons. The molecule has 4 heteroatoms. The molecule has 0 atom stereocenters. The molecule has 0 saturated heterocycles. The van der Waals surface area contributed by atoms with E-state index in [0.717, 1.165) is 11.1 Å². The fourth-order valence-corrected chi connectivity index (χ4v) is 3.27. The lowest BCUT2D eigenvalue weighted by molar-refractivity contribution is 0.0983. The summed E-state index contributed by atoms with van der Waals surface area (Å²) < 4.78 is 23.5. The topological polar surface area (TPSA) is 51.2 Å². The summed E-state index contributed by atoms with van der Waals surface area (Å²) in [5, 5.41) is 0. The molecule has 0 N–H and O–H groups in total. The van der Waals surface area contributed by atoms with Crippen LogP contribution < -0.4 is 0 Å². The second-order valence-corrected chi connectivity index (χ2v) is 6.00. The number of hydrogen-bond acceptors (Lipinski definition) is 3. The number of Topliss-reactive ketones (excluding diaryl/α,β-unsaturated/α-hetero) is 1. The number of ketones is 1. The Labute approximate surface area is 89.0 Å². The SMILES string of the molecule is Cc1cc2c(cc1C)S(=O)(=O)CCC2=O. The van der Waals surface area contributed by atoms with Crippen molar-refractivity contribution in [1.29, 1.82) is 0 Å². The summed E-state index contributed by atoms with van der Waals surface area (Å²) in [7, 11) is -3.24. The monoisotopic (exact) mass is 224 g/mol. The summed E-state index contributed by atoms with van der Waals surface area (Å²) in [5.41, 5.74) is 2.23. The van der Waals surface area contributed by atoms with Crippen molar-refractivity contribution in [2.45, 2.75) is 25.2 Å². The zero-order valence-electron chi connectivity index (χ0n) is 8.70. The van der Waals surface area contributed by atoms with E-state index in [0.29, 0.717) is 5.56 Å². The quantitative estimate of drug-likeness (QED) is 0.673. The predicted molar refractivity (Wildman–Crippen MR) is 56.9 cm³/mol. The Morgan fingerprint density at radius 2 is 1.73 bits per heavy atom. The minimum absolute atomic E-state index is 0.0542. The molecule has 1 aliphatic heterocycles. The van der Waals surface area contributed by atoms with Gasteiger partial charge in [-0.1, -0.05) is 0 Å². The highest BCUT2D eigenvalue weighted by Crippen LogP contribution is 2.27. The third-order valence-corrected chi connectivity index (χ3v) is 4.58. The van der Waals surface area contributed by atoms with E-state index in [-0.39, 0.29) is 22.9 Å². The number of hydrogen-bond donors (Lipinski definition) is 0. The Morgan fingerprint density at radius 1 is 1.13 bits per heavy atom. The molecule has 1 aromatic rings. The van der Waals surface area contributed by atoms with Gasteiger partial charge in [0.2, 0.25) is 0 Å². The Morgan fingerprint density at radius 3 is 2.40 bits per heavy atom. The molecule has 1 heterocycles. The number of benzene rings is 1. The Balaban J connectivity index is 2.80. The van der Waals surface area contributed by atoms with Gasteiger partial charge in [0.25, 0.3) is 0 Å². The van der Waals surface area contributed by atoms with Crippen LogP contribution in [-0.2, 0) is 9.84 Å². The lowest BCUT2D eigenvalue weighted by atomic mass is 10.0. The van der Waals surface area contributed by atoms with Crippen LogP contribution in [0.3, 0.4) is 0 Å². The molecule has 2 rings (SSSR count). The molecule has 1 aliphatic rings. The smallest absolute Gasteiger partial charge is 0.179 e. The molecule has 0 fully saturated rings. The zero-order chi connectivity index (χ0) is 11.2. The van der Waals surface area contributed by atoms with E-state index in [1.807, 2.05) is 13.8 Å². The average molecular weight is 224 g/mol. The van der Waals surface area contributed by atoms with Crippen molar-refractivity contribution < 1.29 is 13.2 Å². The number of carbonyl (C=O) groups excluding carboxylic acids is 1. The van der Waals surface area contributed by atoms with Crippen LogP contribution in [-0.4, -0.2) is 20.0 Å².